The number of aryl methyl sites for hydroxylation is 1. The van der Waals surface area contributed by atoms with Gasteiger partial charge in [0.15, 0.2) is 5.13 Å². The number of nitrogens with two attached hydrogens (primary N) is 1. The predicted molar refractivity (Wildman–Crippen MR) is 58.4 cm³/mol. The summed E-state index contributed by atoms with van der Waals surface area (Å²) >= 11 is 1.69. The number of aromatic nitrogens is 1. The number of anilines is 1. The Hall–Kier alpha value is -0.610. The summed E-state index contributed by atoms with van der Waals surface area (Å²) in [5.41, 5.74) is 6.75. The van der Waals surface area contributed by atoms with Crippen LogP contribution in [0.2, 0.25) is 0 Å². The number of nitrogens with zero attached hydrogens (tertiary/aromatic N) is 2. The van der Waals surface area contributed by atoms with E-state index in [0.717, 1.165) is 17.2 Å². The Morgan fingerprint density at radius 1 is 1.69 bits per heavy atom. The monoisotopic (exact) mass is 199 g/mol. The van der Waals surface area contributed by atoms with Gasteiger partial charge in [0.2, 0.25) is 0 Å². The molecule has 0 aliphatic heterocycles. The van der Waals surface area contributed by atoms with E-state index < -0.39 is 0 Å². The first-order chi connectivity index (χ1) is 6.19. The Morgan fingerprint density at radius 2 is 2.38 bits per heavy atom. The zero-order valence-corrected chi connectivity index (χ0v) is 9.27. The maximum Gasteiger partial charge on any atom is 0.185 e. The first-order valence-corrected chi connectivity index (χ1v) is 5.44. The molecule has 3 nitrogen and oxygen atoms in total. The van der Waals surface area contributed by atoms with Gasteiger partial charge in [-0.2, -0.15) is 0 Å². The number of thiazole rings is 1. The molecule has 0 aromatic carbocycles. The topological polar surface area (TPSA) is 42.1 Å². The highest BCUT2D eigenvalue weighted by Crippen LogP contribution is 2.20. The lowest BCUT2D eigenvalue weighted by Gasteiger charge is -2.22. The standard InChI is InChI=1S/C9H17N3S/c1-4-8-6-13-9(11-8)12(3)7(2)5-10/h6-7H,4-5,10H2,1-3H3. The lowest BCUT2D eigenvalue weighted by molar-refractivity contribution is 0.692. The maximum atomic E-state index is 5.58. The molecule has 1 unspecified atom stereocenters. The van der Waals surface area contributed by atoms with E-state index in [9.17, 15) is 0 Å². The van der Waals surface area contributed by atoms with E-state index >= 15 is 0 Å². The Morgan fingerprint density at radius 3 is 2.85 bits per heavy atom. The van der Waals surface area contributed by atoms with Gasteiger partial charge in [-0.05, 0) is 13.3 Å². The molecule has 13 heavy (non-hydrogen) atoms. The summed E-state index contributed by atoms with van der Waals surface area (Å²) in [5, 5.41) is 3.17. The van der Waals surface area contributed by atoms with Crippen LogP contribution in [0.15, 0.2) is 5.38 Å². The molecule has 1 rings (SSSR count). The van der Waals surface area contributed by atoms with Crippen molar-refractivity contribution in [3.05, 3.63) is 11.1 Å². The van der Waals surface area contributed by atoms with E-state index in [1.165, 1.54) is 0 Å². The SMILES string of the molecule is CCc1csc(N(C)C(C)CN)n1. The van der Waals surface area contributed by atoms with Crippen molar-refractivity contribution in [3.63, 3.8) is 0 Å². The highest BCUT2D eigenvalue weighted by Gasteiger charge is 2.11. The molecule has 1 aromatic rings. The van der Waals surface area contributed by atoms with Crippen LogP contribution in [0.4, 0.5) is 5.13 Å². The largest absolute Gasteiger partial charge is 0.347 e. The molecular weight excluding hydrogens is 182 g/mol. The summed E-state index contributed by atoms with van der Waals surface area (Å²) in [6.07, 6.45) is 1.00. The Bertz CT molecular complexity index is 259. The summed E-state index contributed by atoms with van der Waals surface area (Å²) < 4.78 is 0. The van der Waals surface area contributed by atoms with E-state index in [-0.39, 0.29) is 0 Å². The van der Waals surface area contributed by atoms with Crippen molar-refractivity contribution in [2.24, 2.45) is 5.73 Å². The molecule has 0 saturated carbocycles. The fraction of sp³-hybridized carbons (Fsp3) is 0.667. The normalized spacial score (nSPS) is 12.9. The Labute approximate surface area is 83.6 Å². The van der Waals surface area contributed by atoms with Gasteiger partial charge >= 0.3 is 0 Å². The zero-order chi connectivity index (χ0) is 9.84. The molecule has 74 valence electrons. The summed E-state index contributed by atoms with van der Waals surface area (Å²) in [7, 11) is 2.04. The van der Waals surface area contributed by atoms with Gasteiger partial charge in [-0.25, -0.2) is 4.98 Å². The van der Waals surface area contributed by atoms with Gasteiger partial charge in [-0.3, -0.25) is 0 Å². The van der Waals surface area contributed by atoms with Crippen molar-refractivity contribution in [2.45, 2.75) is 26.3 Å². The maximum absolute atomic E-state index is 5.58. The zero-order valence-electron chi connectivity index (χ0n) is 8.45. The molecule has 0 fully saturated rings. The highest BCUT2D eigenvalue weighted by molar-refractivity contribution is 7.13. The number of hydrogen-bond donors (Lipinski definition) is 1. The summed E-state index contributed by atoms with van der Waals surface area (Å²) in [5.74, 6) is 0. The molecule has 0 aliphatic rings. The third-order valence-corrected chi connectivity index (χ3v) is 3.19. The van der Waals surface area contributed by atoms with Crippen molar-refractivity contribution in [1.82, 2.24) is 4.98 Å². The predicted octanol–water partition coefficient (Wildman–Crippen LogP) is 1.49. The Balaban J connectivity index is 2.70. The minimum atomic E-state index is 0.357. The van der Waals surface area contributed by atoms with Crippen LogP contribution in [0.3, 0.4) is 0 Å². The average Bonchev–Trinajstić information content (AvgIpc) is 2.63. The van der Waals surface area contributed by atoms with E-state index in [0.29, 0.717) is 12.6 Å². The first-order valence-electron chi connectivity index (χ1n) is 4.56. The molecule has 1 atom stereocenters. The molecule has 2 N–H and O–H groups in total. The minimum absolute atomic E-state index is 0.357. The number of hydrogen-bond acceptors (Lipinski definition) is 4. The van der Waals surface area contributed by atoms with Gasteiger partial charge in [0.25, 0.3) is 0 Å². The Kier molecular flexibility index (Phi) is 3.69. The van der Waals surface area contributed by atoms with E-state index in [2.05, 4.69) is 29.1 Å². The van der Waals surface area contributed by atoms with Crippen molar-refractivity contribution in [1.29, 1.82) is 0 Å². The van der Waals surface area contributed by atoms with Crippen molar-refractivity contribution in [2.75, 3.05) is 18.5 Å². The van der Waals surface area contributed by atoms with Crippen molar-refractivity contribution < 1.29 is 0 Å². The number of rotatable bonds is 4. The van der Waals surface area contributed by atoms with Crippen LogP contribution in [0.1, 0.15) is 19.5 Å². The quantitative estimate of drug-likeness (QED) is 0.799. The lowest BCUT2D eigenvalue weighted by atomic mass is 10.3. The van der Waals surface area contributed by atoms with Gasteiger partial charge in [-0.1, -0.05) is 6.92 Å². The molecule has 1 aromatic heterocycles. The van der Waals surface area contributed by atoms with Crippen LogP contribution in [0.25, 0.3) is 0 Å². The van der Waals surface area contributed by atoms with Crippen molar-refractivity contribution in [3.8, 4) is 0 Å². The molecule has 1 heterocycles. The fourth-order valence-electron chi connectivity index (χ4n) is 0.967. The lowest BCUT2D eigenvalue weighted by Crippen LogP contribution is -2.35. The van der Waals surface area contributed by atoms with Gasteiger partial charge in [-0.15, -0.1) is 11.3 Å². The second-order valence-corrected chi connectivity index (χ2v) is 4.01. The van der Waals surface area contributed by atoms with E-state index in [1.807, 2.05) is 7.05 Å². The van der Waals surface area contributed by atoms with Gasteiger partial charge in [0.1, 0.15) is 0 Å². The molecule has 4 heteroatoms. The molecule has 0 bridgehead atoms. The molecule has 0 spiro atoms. The second kappa shape index (κ2) is 4.58. The van der Waals surface area contributed by atoms with Crippen LogP contribution < -0.4 is 10.6 Å². The molecule has 0 aliphatic carbocycles. The highest BCUT2D eigenvalue weighted by atomic mass is 32.1. The number of likely N-dealkylation sites (N-methyl/N-ethyl adjacent to an activating group) is 1. The molecule has 0 amide bonds. The molecule has 0 saturated heterocycles. The fourth-order valence-corrected chi connectivity index (χ4v) is 1.94. The van der Waals surface area contributed by atoms with Gasteiger partial charge in [0.05, 0.1) is 5.69 Å². The van der Waals surface area contributed by atoms with E-state index in [4.69, 9.17) is 5.73 Å². The van der Waals surface area contributed by atoms with Crippen LogP contribution in [0.5, 0.6) is 0 Å². The first kappa shape index (κ1) is 10.5. The van der Waals surface area contributed by atoms with Crippen LogP contribution in [0, 0.1) is 0 Å². The molecular formula is C9H17N3S. The van der Waals surface area contributed by atoms with Crippen LogP contribution >= 0.6 is 11.3 Å². The van der Waals surface area contributed by atoms with Crippen molar-refractivity contribution >= 4 is 16.5 Å². The van der Waals surface area contributed by atoms with Gasteiger partial charge in [0, 0.05) is 25.0 Å². The van der Waals surface area contributed by atoms with E-state index in [1.54, 1.807) is 11.3 Å². The van der Waals surface area contributed by atoms with Crippen LogP contribution in [-0.4, -0.2) is 24.6 Å². The summed E-state index contributed by atoms with van der Waals surface area (Å²) in [6.45, 7) is 4.88. The van der Waals surface area contributed by atoms with Gasteiger partial charge < -0.3 is 10.6 Å². The minimum Gasteiger partial charge on any atom is -0.347 e. The second-order valence-electron chi connectivity index (χ2n) is 3.17. The summed E-state index contributed by atoms with van der Waals surface area (Å²) in [4.78, 5) is 6.62. The molecule has 0 radical (unpaired) electrons. The average molecular weight is 199 g/mol. The summed E-state index contributed by atoms with van der Waals surface area (Å²) in [6, 6.07) is 0.357. The van der Waals surface area contributed by atoms with Crippen LogP contribution in [-0.2, 0) is 6.42 Å². The smallest absolute Gasteiger partial charge is 0.185 e. The third-order valence-electron chi connectivity index (χ3n) is 2.21. The third kappa shape index (κ3) is 2.42.